The molecule has 0 N–H and O–H groups in total. The lowest BCUT2D eigenvalue weighted by molar-refractivity contribution is -0.139. The minimum absolute atomic E-state index is 0.0522. The van der Waals surface area contributed by atoms with Gasteiger partial charge < -0.3 is 4.74 Å². The van der Waals surface area contributed by atoms with Crippen LogP contribution in [0.4, 0.5) is 4.39 Å². The van der Waals surface area contributed by atoms with Crippen molar-refractivity contribution in [3.8, 4) is 28.5 Å². The van der Waals surface area contributed by atoms with E-state index in [1.807, 2.05) is 36.4 Å². The summed E-state index contributed by atoms with van der Waals surface area (Å²) in [7, 11) is 0. The largest absolute Gasteiger partial charge is 0.465 e. The van der Waals surface area contributed by atoms with Crippen molar-refractivity contribution < 1.29 is 13.9 Å². The molecule has 1 heterocycles. The molecule has 0 saturated carbocycles. The molecule has 3 rings (SSSR count). The molecule has 140 valence electrons. The van der Waals surface area contributed by atoms with E-state index in [1.165, 1.54) is 12.1 Å². The van der Waals surface area contributed by atoms with Crippen LogP contribution in [0.2, 0.25) is 0 Å². The van der Waals surface area contributed by atoms with Gasteiger partial charge in [-0.3, -0.25) is 4.79 Å². The van der Waals surface area contributed by atoms with Crippen molar-refractivity contribution in [3.05, 3.63) is 72.0 Å². The maximum absolute atomic E-state index is 13.3. The molecule has 3 aromatic rings. The summed E-state index contributed by atoms with van der Waals surface area (Å²) in [6, 6.07) is 19.5. The van der Waals surface area contributed by atoms with Crippen molar-refractivity contribution in [3.63, 3.8) is 0 Å². The first-order valence-corrected chi connectivity index (χ1v) is 9.66. The molecule has 0 spiro atoms. The van der Waals surface area contributed by atoms with Gasteiger partial charge in [-0.1, -0.05) is 42.1 Å². The Balaban J connectivity index is 2.11. The minimum atomic E-state index is -0.369. The molecule has 0 fully saturated rings. The maximum atomic E-state index is 13.3. The predicted octanol–water partition coefficient (Wildman–Crippen LogP) is 5.08. The van der Waals surface area contributed by atoms with E-state index in [-0.39, 0.29) is 17.5 Å². The van der Waals surface area contributed by atoms with Gasteiger partial charge in [0.1, 0.15) is 16.9 Å². The zero-order valence-corrected chi connectivity index (χ0v) is 16.0. The van der Waals surface area contributed by atoms with E-state index in [1.54, 1.807) is 19.1 Å². The number of benzene rings is 2. The van der Waals surface area contributed by atoms with Crippen LogP contribution in [0.25, 0.3) is 22.4 Å². The summed E-state index contributed by atoms with van der Waals surface area (Å²) in [6.45, 7) is 2.03. The summed E-state index contributed by atoms with van der Waals surface area (Å²) in [4.78, 5) is 16.3. The van der Waals surface area contributed by atoms with Gasteiger partial charge >= 0.3 is 5.97 Å². The van der Waals surface area contributed by atoms with Crippen molar-refractivity contribution in [1.82, 2.24) is 4.98 Å². The lowest BCUT2D eigenvalue weighted by atomic mass is 9.99. The molecule has 0 aliphatic carbocycles. The topological polar surface area (TPSA) is 63.0 Å². The van der Waals surface area contributed by atoms with Crippen molar-refractivity contribution in [1.29, 1.82) is 5.26 Å². The summed E-state index contributed by atoms with van der Waals surface area (Å²) >= 11 is 1.16. The van der Waals surface area contributed by atoms with Gasteiger partial charge in [-0.25, -0.2) is 9.37 Å². The monoisotopic (exact) mass is 392 g/mol. The Hall–Kier alpha value is -3.17. The average molecular weight is 392 g/mol. The van der Waals surface area contributed by atoms with E-state index in [9.17, 15) is 14.4 Å². The van der Waals surface area contributed by atoms with Crippen LogP contribution < -0.4 is 0 Å². The Morgan fingerprint density at radius 2 is 1.86 bits per heavy atom. The Labute approximate surface area is 167 Å². The number of aromatic nitrogens is 1. The molecular weight excluding hydrogens is 375 g/mol. The lowest BCUT2D eigenvalue weighted by Crippen LogP contribution is -2.07. The normalized spacial score (nSPS) is 10.3. The number of pyridine rings is 1. The first-order chi connectivity index (χ1) is 13.6. The number of rotatable bonds is 6. The van der Waals surface area contributed by atoms with Crippen LogP contribution in [0.5, 0.6) is 0 Å². The van der Waals surface area contributed by atoms with Gasteiger partial charge in [0.15, 0.2) is 0 Å². The predicted molar refractivity (Wildman–Crippen MR) is 107 cm³/mol. The number of carbonyl (C=O) groups excluding carboxylic acids is 1. The summed E-state index contributed by atoms with van der Waals surface area (Å²) in [5, 5.41) is 10.2. The molecule has 6 heteroatoms. The smallest absolute Gasteiger partial charge is 0.316 e. The molecule has 0 atom stereocenters. The van der Waals surface area contributed by atoms with Crippen molar-refractivity contribution in [2.75, 3.05) is 12.4 Å². The molecule has 0 amide bonds. The van der Waals surface area contributed by atoms with Crippen LogP contribution in [0.3, 0.4) is 0 Å². The second-order valence-corrected chi connectivity index (χ2v) is 6.78. The fourth-order valence-electron chi connectivity index (χ4n) is 2.68. The second kappa shape index (κ2) is 9.16. The highest BCUT2D eigenvalue weighted by Gasteiger charge is 2.17. The van der Waals surface area contributed by atoms with Gasteiger partial charge in [0.2, 0.25) is 0 Å². The third-order valence-electron chi connectivity index (χ3n) is 3.95. The first kappa shape index (κ1) is 19.6. The minimum Gasteiger partial charge on any atom is -0.465 e. The number of hydrogen-bond donors (Lipinski definition) is 0. The van der Waals surface area contributed by atoms with E-state index in [4.69, 9.17) is 4.74 Å². The van der Waals surface area contributed by atoms with Crippen LogP contribution in [0.15, 0.2) is 65.7 Å². The van der Waals surface area contributed by atoms with Gasteiger partial charge in [-0.05, 0) is 42.8 Å². The number of ether oxygens (including phenoxy) is 1. The van der Waals surface area contributed by atoms with Gasteiger partial charge in [0, 0.05) is 11.1 Å². The summed E-state index contributed by atoms with van der Waals surface area (Å²) < 4.78 is 18.3. The quantitative estimate of drug-likeness (QED) is 0.432. The molecule has 0 bridgehead atoms. The lowest BCUT2D eigenvalue weighted by Gasteiger charge is -2.12. The number of thioether (sulfide) groups is 1. The van der Waals surface area contributed by atoms with Gasteiger partial charge in [0.25, 0.3) is 0 Å². The van der Waals surface area contributed by atoms with E-state index in [2.05, 4.69) is 11.1 Å². The molecule has 0 unspecified atom stereocenters. The number of nitriles is 1. The second-order valence-electron chi connectivity index (χ2n) is 5.81. The summed E-state index contributed by atoms with van der Waals surface area (Å²) in [5.74, 6) is -0.652. The fourth-order valence-corrected chi connectivity index (χ4v) is 3.48. The molecule has 0 saturated heterocycles. The first-order valence-electron chi connectivity index (χ1n) is 8.67. The average Bonchev–Trinajstić information content (AvgIpc) is 2.73. The van der Waals surface area contributed by atoms with Crippen molar-refractivity contribution >= 4 is 17.7 Å². The Bertz CT molecular complexity index is 1020. The highest BCUT2D eigenvalue weighted by Crippen LogP contribution is 2.34. The van der Waals surface area contributed by atoms with Crippen molar-refractivity contribution in [2.45, 2.75) is 11.9 Å². The van der Waals surface area contributed by atoms with Gasteiger partial charge in [-0.15, -0.1) is 0 Å². The Morgan fingerprint density at radius 1 is 1.14 bits per heavy atom. The molecular formula is C22H17FN2O2S. The zero-order chi connectivity index (χ0) is 19.9. The van der Waals surface area contributed by atoms with Gasteiger partial charge in [-0.2, -0.15) is 5.26 Å². The number of nitrogens with zero attached hydrogens (tertiary/aromatic N) is 2. The SMILES string of the molecule is CCOC(=O)CSc1nc(-c2ccc(F)cc2)cc(-c2ccccc2)c1C#N. The van der Waals surface area contributed by atoms with Crippen LogP contribution in [-0.4, -0.2) is 23.3 Å². The molecule has 4 nitrogen and oxygen atoms in total. The van der Waals surface area contributed by atoms with E-state index in [0.717, 1.165) is 22.9 Å². The summed E-state index contributed by atoms with van der Waals surface area (Å²) in [6.07, 6.45) is 0. The number of halogens is 1. The number of hydrogen-bond acceptors (Lipinski definition) is 5. The van der Waals surface area contributed by atoms with E-state index < -0.39 is 0 Å². The Morgan fingerprint density at radius 3 is 2.50 bits per heavy atom. The fraction of sp³-hybridized carbons (Fsp3) is 0.136. The maximum Gasteiger partial charge on any atom is 0.316 e. The number of esters is 1. The van der Waals surface area contributed by atoms with E-state index >= 15 is 0 Å². The van der Waals surface area contributed by atoms with Gasteiger partial charge in [0.05, 0.1) is 23.6 Å². The van der Waals surface area contributed by atoms with Crippen molar-refractivity contribution in [2.24, 2.45) is 0 Å². The van der Waals surface area contributed by atoms with Crippen LogP contribution >= 0.6 is 11.8 Å². The standard InChI is InChI=1S/C22H17FN2O2S/c1-2-27-21(26)14-28-22-19(13-24)18(15-6-4-3-5-7-15)12-20(25-22)16-8-10-17(23)11-9-16/h3-12H,2,14H2,1H3. The van der Waals surface area contributed by atoms with Crippen LogP contribution in [0, 0.1) is 17.1 Å². The number of carbonyl (C=O) groups is 1. The molecule has 28 heavy (non-hydrogen) atoms. The highest BCUT2D eigenvalue weighted by atomic mass is 32.2. The molecule has 1 aromatic heterocycles. The van der Waals surface area contributed by atoms with E-state index in [0.29, 0.717) is 28.5 Å². The molecule has 0 aliphatic rings. The van der Waals surface area contributed by atoms with Crippen LogP contribution in [0.1, 0.15) is 12.5 Å². The third-order valence-corrected chi connectivity index (χ3v) is 4.90. The van der Waals surface area contributed by atoms with Crippen LogP contribution in [-0.2, 0) is 9.53 Å². The summed E-state index contributed by atoms with van der Waals surface area (Å²) in [5.41, 5.74) is 3.29. The third kappa shape index (κ3) is 4.56. The zero-order valence-electron chi connectivity index (χ0n) is 15.2. The molecule has 2 aromatic carbocycles. The molecule has 0 aliphatic heterocycles. The molecule has 0 radical (unpaired) electrons. The highest BCUT2D eigenvalue weighted by molar-refractivity contribution is 7.99. The Kier molecular flexibility index (Phi) is 6.41.